The molecule has 6 heteroatoms. The van der Waals surface area contributed by atoms with Crippen LogP contribution in [0.2, 0.25) is 0 Å². The molecule has 0 fully saturated rings. The fourth-order valence-corrected chi connectivity index (χ4v) is 2.28. The van der Waals surface area contributed by atoms with E-state index in [9.17, 15) is 9.18 Å². The highest BCUT2D eigenvalue weighted by atomic mass is 19.1. The summed E-state index contributed by atoms with van der Waals surface area (Å²) in [5.41, 5.74) is 1.16. The molecule has 1 aromatic carbocycles. The van der Waals surface area contributed by atoms with E-state index >= 15 is 0 Å². The van der Waals surface area contributed by atoms with Crippen molar-refractivity contribution in [1.82, 2.24) is 15.5 Å². The first-order valence-electron chi connectivity index (χ1n) is 7.40. The number of aryl methyl sites for hydroxylation is 1. The van der Waals surface area contributed by atoms with E-state index in [4.69, 9.17) is 4.52 Å². The molecule has 1 amide bonds. The predicted molar refractivity (Wildman–Crippen MR) is 83.5 cm³/mol. The lowest BCUT2D eigenvalue weighted by Crippen LogP contribution is -2.27. The molecule has 1 atom stereocenters. The zero-order valence-corrected chi connectivity index (χ0v) is 12.8. The van der Waals surface area contributed by atoms with E-state index in [2.05, 4.69) is 15.5 Å². The SMILES string of the molecule is CCc1cc([C@@H](C)NC(=O)c2ccc3cccc(F)c3n2)on1. The second-order valence-electron chi connectivity index (χ2n) is 5.28. The van der Waals surface area contributed by atoms with Crippen molar-refractivity contribution in [2.24, 2.45) is 0 Å². The number of fused-ring (bicyclic) bond motifs is 1. The van der Waals surface area contributed by atoms with Crippen molar-refractivity contribution >= 4 is 16.8 Å². The summed E-state index contributed by atoms with van der Waals surface area (Å²) >= 11 is 0. The molecule has 0 aliphatic carbocycles. The number of rotatable bonds is 4. The lowest BCUT2D eigenvalue weighted by Gasteiger charge is -2.10. The van der Waals surface area contributed by atoms with E-state index in [0.29, 0.717) is 11.1 Å². The Morgan fingerprint density at radius 1 is 1.35 bits per heavy atom. The molecule has 0 unspecified atom stereocenters. The minimum absolute atomic E-state index is 0.157. The Labute approximate surface area is 132 Å². The molecule has 0 saturated carbocycles. The van der Waals surface area contributed by atoms with Crippen LogP contribution < -0.4 is 5.32 Å². The number of amides is 1. The fraction of sp³-hybridized carbons (Fsp3) is 0.235. The van der Waals surface area contributed by atoms with E-state index in [-0.39, 0.29) is 17.3 Å². The van der Waals surface area contributed by atoms with E-state index in [1.54, 1.807) is 37.3 Å². The number of carbonyl (C=O) groups is 1. The summed E-state index contributed by atoms with van der Waals surface area (Å²) in [4.78, 5) is 16.4. The number of pyridine rings is 1. The molecule has 118 valence electrons. The van der Waals surface area contributed by atoms with Crippen molar-refractivity contribution in [2.75, 3.05) is 0 Å². The van der Waals surface area contributed by atoms with Gasteiger partial charge in [0.25, 0.3) is 5.91 Å². The van der Waals surface area contributed by atoms with Gasteiger partial charge in [-0.05, 0) is 25.5 Å². The summed E-state index contributed by atoms with van der Waals surface area (Å²) in [6, 6.07) is 9.37. The average molecular weight is 313 g/mol. The van der Waals surface area contributed by atoms with Gasteiger partial charge in [-0.25, -0.2) is 9.37 Å². The third-order valence-corrected chi connectivity index (χ3v) is 3.62. The number of carbonyl (C=O) groups excluding carboxylic acids is 1. The number of benzene rings is 1. The summed E-state index contributed by atoms with van der Waals surface area (Å²) in [6.07, 6.45) is 0.760. The number of para-hydroxylation sites is 1. The number of nitrogens with one attached hydrogen (secondary N) is 1. The first-order valence-corrected chi connectivity index (χ1v) is 7.40. The molecule has 0 bridgehead atoms. The van der Waals surface area contributed by atoms with E-state index in [0.717, 1.165) is 12.1 Å². The van der Waals surface area contributed by atoms with E-state index in [1.807, 2.05) is 6.92 Å². The summed E-state index contributed by atoms with van der Waals surface area (Å²) in [5, 5.41) is 7.32. The second-order valence-corrected chi connectivity index (χ2v) is 5.28. The van der Waals surface area contributed by atoms with Crippen LogP contribution >= 0.6 is 0 Å². The monoisotopic (exact) mass is 313 g/mol. The molecule has 0 spiro atoms. The van der Waals surface area contributed by atoms with Gasteiger partial charge in [0.05, 0.1) is 11.7 Å². The van der Waals surface area contributed by atoms with Crippen molar-refractivity contribution in [1.29, 1.82) is 0 Å². The largest absolute Gasteiger partial charge is 0.359 e. The van der Waals surface area contributed by atoms with Gasteiger partial charge in [-0.15, -0.1) is 0 Å². The first kappa shape index (κ1) is 15.1. The van der Waals surface area contributed by atoms with Crippen LogP contribution in [0.1, 0.15) is 41.8 Å². The molecule has 0 aliphatic rings. The molecule has 2 heterocycles. The molecule has 1 N–H and O–H groups in total. The van der Waals surface area contributed by atoms with Crippen LogP contribution in [0.4, 0.5) is 4.39 Å². The van der Waals surface area contributed by atoms with Crippen molar-refractivity contribution < 1.29 is 13.7 Å². The van der Waals surface area contributed by atoms with Crippen molar-refractivity contribution in [3.05, 3.63) is 59.4 Å². The van der Waals surface area contributed by atoms with Gasteiger partial charge >= 0.3 is 0 Å². The first-order chi connectivity index (χ1) is 11.1. The Bertz CT molecular complexity index is 860. The summed E-state index contributed by atoms with van der Waals surface area (Å²) in [7, 11) is 0. The maximum absolute atomic E-state index is 13.8. The van der Waals surface area contributed by atoms with Gasteiger partial charge in [0.15, 0.2) is 5.76 Å². The van der Waals surface area contributed by atoms with Crippen LogP contribution in [-0.4, -0.2) is 16.0 Å². The van der Waals surface area contributed by atoms with Gasteiger partial charge in [-0.3, -0.25) is 4.79 Å². The zero-order valence-electron chi connectivity index (χ0n) is 12.8. The van der Waals surface area contributed by atoms with E-state index in [1.165, 1.54) is 6.07 Å². The molecule has 0 radical (unpaired) electrons. The minimum Gasteiger partial charge on any atom is -0.359 e. The van der Waals surface area contributed by atoms with Crippen molar-refractivity contribution in [3.63, 3.8) is 0 Å². The standard InChI is InChI=1S/C17H16FN3O2/c1-3-12-9-15(23-21-12)10(2)19-17(22)14-8-7-11-5-4-6-13(18)16(11)20-14/h4-10H,3H2,1-2H3,(H,19,22)/t10-/m1/s1. The van der Waals surface area contributed by atoms with Gasteiger partial charge in [0.1, 0.15) is 17.0 Å². The Hall–Kier alpha value is -2.76. The van der Waals surface area contributed by atoms with E-state index < -0.39 is 11.7 Å². The number of nitrogens with zero attached hydrogens (tertiary/aromatic N) is 2. The summed E-state index contributed by atoms with van der Waals surface area (Å²) in [6.45, 7) is 3.76. The normalized spacial score (nSPS) is 12.3. The Balaban J connectivity index is 1.81. The van der Waals surface area contributed by atoms with Gasteiger partial charge < -0.3 is 9.84 Å². The third-order valence-electron chi connectivity index (χ3n) is 3.62. The Kier molecular flexibility index (Phi) is 4.06. The molecule has 5 nitrogen and oxygen atoms in total. The highest BCUT2D eigenvalue weighted by Gasteiger charge is 2.17. The van der Waals surface area contributed by atoms with Crippen LogP contribution in [0.5, 0.6) is 0 Å². The number of hydrogen-bond donors (Lipinski definition) is 1. The van der Waals surface area contributed by atoms with Crippen LogP contribution in [-0.2, 0) is 6.42 Å². The maximum atomic E-state index is 13.8. The number of halogens is 1. The smallest absolute Gasteiger partial charge is 0.270 e. The number of hydrogen-bond acceptors (Lipinski definition) is 4. The van der Waals surface area contributed by atoms with Gasteiger partial charge in [-0.2, -0.15) is 0 Å². The molecule has 23 heavy (non-hydrogen) atoms. The molecular formula is C17H16FN3O2. The van der Waals surface area contributed by atoms with Crippen LogP contribution in [0, 0.1) is 5.82 Å². The summed E-state index contributed by atoms with van der Waals surface area (Å²) < 4.78 is 19.0. The average Bonchev–Trinajstić information content (AvgIpc) is 3.04. The number of aromatic nitrogens is 2. The van der Waals surface area contributed by atoms with Crippen molar-refractivity contribution in [3.8, 4) is 0 Å². The van der Waals surface area contributed by atoms with Crippen LogP contribution in [0.3, 0.4) is 0 Å². The fourth-order valence-electron chi connectivity index (χ4n) is 2.28. The lowest BCUT2D eigenvalue weighted by molar-refractivity contribution is 0.0929. The zero-order chi connectivity index (χ0) is 16.4. The Morgan fingerprint density at radius 2 is 2.17 bits per heavy atom. The molecule has 3 rings (SSSR count). The predicted octanol–water partition coefficient (Wildman–Crippen LogP) is 3.42. The van der Waals surface area contributed by atoms with Gasteiger partial charge in [0, 0.05) is 11.5 Å². The molecule has 2 aromatic heterocycles. The van der Waals surface area contributed by atoms with Crippen LogP contribution in [0.25, 0.3) is 10.9 Å². The highest BCUT2D eigenvalue weighted by Crippen LogP contribution is 2.18. The molecule has 0 saturated heterocycles. The highest BCUT2D eigenvalue weighted by molar-refractivity contribution is 5.95. The van der Waals surface area contributed by atoms with Gasteiger partial charge in [0.2, 0.25) is 0 Å². The second kappa shape index (κ2) is 6.16. The minimum atomic E-state index is -0.451. The quantitative estimate of drug-likeness (QED) is 0.801. The van der Waals surface area contributed by atoms with Gasteiger partial charge in [-0.1, -0.05) is 30.3 Å². The third kappa shape index (κ3) is 3.06. The lowest BCUT2D eigenvalue weighted by atomic mass is 10.2. The maximum Gasteiger partial charge on any atom is 0.270 e. The molecule has 0 aliphatic heterocycles. The molecular weight excluding hydrogens is 297 g/mol. The Morgan fingerprint density at radius 3 is 2.91 bits per heavy atom. The summed E-state index contributed by atoms with van der Waals surface area (Å²) in [5.74, 6) is -0.271. The molecule has 3 aromatic rings. The van der Waals surface area contributed by atoms with Crippen LogP contribution in [0.15, 0.2) is 40.9 Å². The van der Waals surface area contributed by atoms with Crippen molar-refractivity contribution in [2.45, 2.75) is 26.3 Å². The topological polar surface area (TPSA) is 68.0 Å².